The lowest BCUT2D eigenvalue weighted by Gasteiger charge is -2.03. The third-order valence-corrected chi connectivity index (χ3v) is 2.16. The quantitative estimate of drug-likeness (QED) is 0.594. The fourth-order valence-electron chi connectivity index (χ4n) is 1.35. The van der Waals surface area contributed by atoms with Crippen molar-refractivity contribution >= 4 is 11.8 Å². The van der Waals surface area contributed by atoms with Crippen LogP contribution in [0.25, 0.3) is 0 Å². The van der Waals surface area contributed by atoms with E-state index in [1.807, 2.05) is 0 Å². The van der Waals surface area contributed by atoms with Gasteiger partial charge in [0.15, 0.2) is 0 Å². The summed E-state index contributed by atoms with van der Waals surface area (Å²) in [6.45, 7) is 0. The van der Waals surface area contributed by atoms with E-state index in [0.29, 0.717) is 5.75 Å². The number of ether oxygens (including phenoxy) is 1. The van der Waals surface area contributed by atoms with E-state index in [2.05, 4.69) is 5.10 Å². The summed E-state index contributed by atoms with van der Waals surface area (Å²) in [7, 11) is 1.60. The third kappa shape index (κ3) is 2.36. The van der Waals surface area contributed by atoms with Crippen LogP contribution in [0.5, 0.6) is 11.5 Å². The molecule has 0 saturated heterocycles. The number of rotatable bonds is 2. The second-order valence-corrected chi connectivity index (χ2v) is 3.46. The van der Waals surface area contributed by atoms with Gasteiger partial charge in [-0.25, -0.2) is 4.79 Å². The second kappa shape index (κ2) is 4.17. The molecular weight excluding hydrogens is 222 g/mol. The zero-order valence-electron chi connectivity index (χ0n) is 9.12. The highest BCUT2D eigenvalue weighted by Gasteiger charge is 2.14. The number of phenolic OH excluding ortho intramolecular Hbond substituents is 1. The van der Waals surface area contributed by atoms with Crippen LogP contribution in [0.4, 0.5) is 5.82 Å². The van der Waals surface area contributed by atoms with E-state index in [0.717, 1.165) is 0 Å². The topological polar surface area (TPSA) is 90.4 Å². The number of anilines is 1. The molecule has 0 aliphatic heterocycles. The Morgan fingerprint density at radius 3 is 2.59 bits per heavy atom. The highest BCUT2D eigenvalue weighted by molar-refractivity contribution is 5.90. The molecule has 0 aliphatic rings. The van der Waals surface area contributed by atoms with Crippen LogP contribution in [0.2, 0.25) is 0 Å². The number of hydrogen-bond donors (Lipinski definition) is 2. The van der Waals surface area contributed by atoms with Crippen LogP contribution >= 0.6 is 0 Å². The maximum atomic E-state index is 11.7. The van der Waals surface area contributed by atoms with Crippen molar-refractivity contribution in [2.45, 2.75) is 0 Å². The van der Waals surface area contributed by atoms with Gasteiger partial charge in [-0.05, 0) is 24.3 Å². The van der Waals surface area contributed by atoms with Crippen LogP contribution in [0.1, 0.15) is 10.5 Å². The highest BCUT2D eigenvalue weighted by Crippen LogP contribution is 2.17. The lowest BCUT2D eigenvalue weighted by atomic mass is 10.3. The minimum absolute atomic E-state index is 0.106. The van der Waals surface area contributed by atoms with E-state index in [9.17, 15) is 4.79 Å². The molecule has 6 heteroatoms. The molecule has 0 radical (unpaired) electrons. The number of aromatic hydroxyl groups is 1. The minimum atomic E-state index is -0.553. The summed E-state index contributed by atoms with van der Waals surface area (Å²) < 4.78 is 6.43. The second-order valence-electron chi connectivity index (χ2n) is 3.46. The minimum Gasteiger partial charge on any atom is -0.508 e. The molecule has 1 aromatic carbocycles. The Kier molecular flexibility index (Phi) is 2.70. The Labute approximate surface area is 97.2 Å². The zero-order valence-corrected chi connectivity index (χ0v) is 9.12. The predicted molar refractivity (Wildman–Crippen MR) is 60.7 cm³/mol. The largest absolute Gasteiger partial charge is 0.508 e. The van der Waals surface area contributed by atoms with Gasteiger partial charge in [-0.1, -0.05) is 0 Å². The first-order chi connectivity index (χ1) is 8.06. The molecule has 0 saturated carbocycles. The van der Waals surface area contributed by atoms with Gasteiger partial charge in [0, 0.05) is 13.1 Å². The molecule has 0 aliphatic carbocycles. The van der Waals surface area contributed by atoms with Crippen molar-refractivity contribution in [3.8, 4) is 11.5 Å². The predicted octanol–water partition coefficient (Wildman–Crippen LogP) is 0.927. The lowest BCUT2D eigenvalue weighted by molar-refractivity contribution is 0.0723. The molecule has 0 unspecified atom stereocenters. The van der Waals surface area contributed by atoms with Gasteiger partial charge in [-0.3, -0.25) is 4.68 Å². The molecule has 3 N–H and O–H groups in total. The Morgan fingerprint density at radius 1 is 1.41 bits per heavy atom. The monoisotopic (exact) mass is 233 g/mol. The number of aromatic nitrogens is 2. The molecule has 17 heavy (non-hydrogen) atoms. The molecule has 0 atom stereocenters. The summed E-state index contributed by atoms with van der Waals surface area (Å²) in [6.07, 6.45) is 0. The molecule has 2 rings (SSSR count). The smallest absolute Gasteiger partial charge is 0.362 e. The molecule has 0 fully saturated rings. The van der Waals surface area contributed by atoms with E-state index in [1.165, 1.54) is 35.0 Å². The van der Waals surface area contributed by atoms with Crippen molar-refractivity contribution in [2.24, 2.45) is 7.05 Å². The lowest BCUT2D eigenvalue weighted by Crippen LogP contribution is -2.13. The number of benzene rings is 1. The Morgan fingerprint density at radius 2 is 2.06 bits per heavy atom. The summed E-state index contributed by atoms with van der Waals surface area (Å²) in [5.74, 6) is 0.148. The maximum absolute atomic E-state index is 11.7. The molecule has 1 heterocycles. The van der Waals surface area contributed by atoms with Crippen molar-refractivity contribution in [3.05, 3.63) is 36.0 Å². The third-order valence-electron chi connectivity index (χ3n) is 2.16. The van der Waals surface area contributed by atoms with Crippen LogP contribution in [0.3, 0.4) is 0 Å². The molecule has 88 valence electrons. The number of esters is 1. The van der Waals surface area contributed by atoms with E-state index < -0.39 is 5.97 Å². The van der Waals surface area contributed by atoms with Crippen LogP contribution in [-0.2, 0) is 7.05 Å². The van der Waals surface area contributed by atoms with E-state index in [1.54, 1.807) is 7.05 Å². The Balaban J connectivity index is 2.17. The normalized spacial score (nSPS) is 10.2. The van der Waals surface area contributed by atoms with Gasteiger partial charge in [0.1, 0.15) is 23.0 Å². The molecular formula is C11H11N3O3. The van der Waals surface area contributed by atoms with Gasteiger partial charge < -0.3 is 15.6 Å². The van der Waals surface area contributed by atoms with Crippen LogP contribution < -0.4 is 10.5 Å². The average Bonchev–Trinajstić information content (AvgIpc) is 2.61. The van der Waals surface area contributed by atoms with Crippen molar-refractivity contribution < 1.29 is 14.6 Å². The number of aryl methyl sites for hydroxylation is 1. The highest BCUT2D eigenvalue weighted by atomic mass is 16.5. The average molecular weight is 233 g/mol. The van der Waals surface area contributed by atoms with Crippen LogP contribution in [0.15, 0.2) is 30.3 Å². The number of phenols is 1. The van der Waals surface area contributed by atoms with Gasteiger partial charge in [0.05, 0.1) is 0 Å². The molecule has 0 bridgehead atoms. The summed E-state index contributed by atoms with van der Waals surface area (Å²) in [5.41, 5.74) is 5.72. The number of carbonyl (C=O) groups excluding carboxylic acids is 1. The number of carbonyl (C=O) groups is 1. The first kappa shape index (κ1) is 11.0. The fraction of sp³-hybridized carbons (Fsp3) is 0.0909. The first-order valence-electron chi connectivity index (χ1n) is 4.87. The van der Waals surface area contributed by atoms with E-state index >= 15 is 0 Å². The first-order valence-corrected chi connectivity index (χ1v) is 4.87. The summed E-state index contributed by atoms with van der Waals surface area (Å²) >= 11 is 0. The van der Waals surface area contributed by atoms with Crippen LogP contribution in [0, 0.1) is 0 Å². The summed E-state index contributed by atoms with van der Waals surface area (Å²) in [4.78, 5) is 11.7. The fourth-order valence-corrected chi connectivity index (χ4v) is 1.35. The number of nitrogen functional groups attached to an aromatic ring is 1. The molecule has 6 nitrogen and oxygen atoms in total. The maximum Gasteiger partial charge on any atom is 0.362 e. The van der Waals surface area contributed by atoms with Gasteiger partial charge in [-0.2, -0.15) is 5.10 Å². The molecule has 2 aromatic rings. The molecule has 0 amide bonds. The number of nitrogens with two attached hydrogens (primary N) is 1. The molecule has 0 spiro atoms. The van der Waals surface area contributed by atoms with Crippen molar-refractivity contribution in [1.82, 2.24) is 9.78 Å². The number of nitrogens with zero attached hydrogens (tertiary/aromatic N) is 2. The standard InChI is InChI=1S/C11H11N3O3/c1-14-9(6-10(12)13-14)11(16)17-8-4-2-7(15)3-5-8/h2-6,15H,1H3,(H2,12,13). The van der Waals surface area contributed by atoms with Crippen molar-refractivity contribution in [1.29, 1.82) is 0 Å². The van der Waals surface area contributed by atoms with Gasteiger partial charge >= 0.3 is 5.97 Å². The molecule has 1 aromatic heterocycles. The summed E-state index contributed by atoms with van der Waals surface area (Å²) in [6, 6.07) is 7.28. The Hall–Kier alpha value is -2.50. The van der Waals surface area contributed by atoms with Gasteiger partial charge in [-0.15, -0.1) is 0 Å². The van der Waals surface area contributed by atoms with Gasteiger partial charge in [0.2, 0.25) is 0 Å². The van der Waals surface area contributed by atoms with Crippen molar-refractivity contribution in [3.63, 3.8) is 0 Å². The summed E-state index contributed by atoms with van der Waals surface area (Å²) in [5, 5.41) is 12.9. The van der Waals surface area contributed by atoms with Crippen LogP contribution in [-0.4, -0.2) is 20.9 Å². The van der Waals surface area contributed by atoms with E-state index in [4.69, 9.17) is 15.6 Å². The van der Waals surface area contributed by atoms with Gasteiger partial charge in [0.25, 0.3) is 0 Å². The zero-order chi connectivity index (χ0) is 12.4. The van der Waals surface area contributed by atoms with E-state index in [-0.39, 0.29) is 17.3 Å². The Bertz CT molecular complexity index is 546. The number of hydrogen-bond acceptors (Lipinski definition) is 5. The SMILES string of the molecule is Cn1nc(N)cc1C(=O)Oc1ccc(O)cc1. The van der Waals surface area contributed by atoms with Crippen molar-refractivity contribution in [2.75, 3.05) is 5.73 Å².